The van der Waals surface area contributed by atoms with E-state index in [-0.39, 0.29) is 12.2 Å². The normalized spacial score (nSPS) is 16.8. The van der Waals surface area contributed by atoms with Gasteiger partial charge in [0, 0.05) is 17.5 Å². The molecular formula is C16H12FNO3. The highest BCUT2D eigenvalue weighted by molar-refractivity contribution is 5.97. The molecule has 0 saturated heterocycles. The summed E-state index contributed by atoms with van der Waals surface area (Å²) in [7, 11) is 0. The Balaban J connectivity index is 1.80. The standard InChI is InChI=1S/C16H12FNO3/c17-12-7-4-8-14-11(12)9-13(16(20)21-14)18-15(19)10-5-2-1-3-6-10/h1-8,13H,9H2,(H,18,19)/t13-/m0/s1. The van der Waals surface area contributed by atoms with Gasteiger partial charge in [0.25, 0.3) is 5.91 Å². The fourth-order valence-corrected chi connectivity index (χ4v) is 2.24. The van der Waals surface area contributed by atoms with Crippen LogP contribution in [-0.2, 0) is 11.2 Å². The number of esters is 1. The lowest BCUT2D eigenvalue weighted by Crippen LogP contribution is -2.46. The first-order chi connectivity index (χ1) is 10.1. The SMILES string of the molecule is O=C(N[C@H]1Cc2c(F)cccc2OC1=O)c1ccccc1. The van der Waals surface area contributed by atoms with E-state index < -0.39 is 23.7 Å². The number of hydrogen-bond donors (Lipinski definition) is 1. The van der Waals surface area contributed by atoms with E-state index in [1.807, 2.05) is 0 Å². The van der Waals surface area contributed by atoms with Crippen LogP contribution in [0.4, 0.5) is 4.39 Å². The van der Waals surface area contributed by atoms with Crippen LogP contribution in [0.1, 0.15) is 15.9 Å². The lowest BCUT2D eigenvalue weighted by Gasteiger charge is -2.24. The molecule has 0 radical (unpaired) electrons. The largest absolute Gasteiger partial charge is 0.425 e. The van der Waals surface area contributed by atoms with Crippen molar-refractivity contribution in [2.75, 3.05) is 0 Å². The summed E-state index contributed by atoms with van der Waals surface area (Å²) in [5.41, 5.74) is 0.736. The van der Waals surface area contributed by atoms with Crippen molar-refractivity contribution in [3.8, 4) is 5.75 Å². The van der Waals surface area contributed by atoms with E-state index in [9.17, 15) is 14.0 Å². The van der Waals surface area contributed by atoms with Crippen molar-refractivity contribution in [1.29, 1.82) is 0 Å². The average Bonchev–Trinajstić information content (AvgIpc) is 2.50. The molecule has 0 saturated carbocycles. The Morgan fingerprint density at radius 1 is 1.14 bits per heavy atom. The van der Waals surface area contributed by atoms with Crippen LogP contribution in [0.15, 0.2) is 48.5 Å². The van der Waals surface area contributed by atoms with Crippen molar-refractivity contribution in [2.45, 2.75) is 12.5 Å². The third-order valence-electron chi connectivity index (χ3n) is 3.32. The van der Waals surface area contributed by atoms with E-state index in [0.717, 1.165) is 0 Å². The fraction of sp³-hybridized carbons (Fsp3) is 0.125. The second-order valence-corrected chi connectivity index (χ2v) is 4.73. The Labute approximate surface area is 120 Å². The third kappa shape index (κ3) is 2.63. The smallest absolute Gasteiger partial charge is 0.334 e. The Morgan fingerprint density at radius 2 is 1.90 bits per heavy atom. The maximum Gasteiger partial charge on any atom is 0.334 e. The van der Waals surface area contributed by atoms with Gasteiger partial charge < -0.3 is 10.1 Å². The molecule has 3 rings (SSSR count). The van der Waals surface area contributed by atoms with E-state index in [1.165, 1.54) is 18.2 Å². The van der Waals surface area contributed by atoms with Crippen LogP contribution in [0.3, 0.4) is 0 Å². The van der Waals surface area contributed by atoms with Crippen LogP contribution in [0, 0.1) is 5.82 Å². The summed E-state index contributed by atoms with van der Waals surface area (Å²) in [6, 6.07) is 11.9. The zero-order valence-electron chi connectivity index (χ0n) is 11.0. The van der Waals surface area contributed by atoms with Gasteiger partial charge in [-0.25, -0.2) is 9.18 Å². The quantitative estimate of drug-likeness (QED) is 0.679. The number of benzene rings is 2. The molecule has 1 N–H and O–H groups in total. The highest BCUT2D eigenvalue weighted by Crippen LogP contribution is 2.27. The van der Waals surface area contributed by atoms with Crippen LogP contribution in [0.25, 0.3) is 0 Å². The third-order valence-corrected chi connectivity index (χ3v) is 3.32. The van der Waals surface area contributed by atoms with E-state index in [4.69, 9.17) is 4.74 Å². The van der Waals surface area contributed by atoms with Crippen molar-refractivity contribution in [2.24, 2.45) is 0 Å². The van der Waals surface area contributed by atoms with Gasteiger partial charge in [0.05, 0.1) is 0 Å². The predicted octanol–water partition coefficient (Wildman–Crippen LogP) is 2.09. The summed E-state index contributed by atoms with van der Waals surface area (Å²) in [4.78, 5) is 23.9. The molecule has 2 aromatic carbocycles. The molecule has 2 aromatic rings. The number of hydrogen-bond acceptors (Lipinski definition) is 3. The van der Waals surface area contributed by atoms with Crippen LogP contribution in [0.5, 0.6) is 5.75 Å². The molecule has 0 aliphatic carbocycles. The molecule has 21 heavy (non-hydrogen) atoms. The van der Waals surface area contributed by atoms with Crippen molar-refractivity contribution >= 4 is 11.9 Å². The fourth-order valence-electron chi connectivity index (χ4n) is 2.24. The molecule has 1 amide bonds. The second-order valence-electron chi connectivity index (χ2n) is 4.73. The van der Waals surface area contributed by atoms with Gasteiger partial charge in [-0.3, -0.25) is 4.79 Å². The molecule has 106 valence electrons. The van der Waals surface area contributed by atoms with Crippen molar-refractivity contribution < 1.29 is 18.7 Å². The lowest BCUT2D eigenvalue weighted by molar-refractivity contribution is -0.137. The molecule has 1 atom stereocenters. The van der Waals surface area contributed by atoms with Gasteiger partial charge in [-0.1, -0.05) is 24.3 Å². The zero-order valence-corrected chi connectivity index (χ0v) is 11.0. The highest BCUT2D eigenvalue weighted by atomic mass is 19.1. The number of carbonyl (C=O) groups is 2. The number of ether oxygens (including phenoxy) is 1. The molecule has 0 unspecified atom stereocenters. The predicted molar refractivity (Wildman–Crippen MR) is 73.4 cm³/mol. The van der Waals surface area contributed by atoms with Gasteiger partial charge in [-0.15, -0.1) is 0 Å². The first kappa shape index (κ1) is 13.3. The summed E-state index contributed by atoms with van der Waals surface area (Å²) in [6.07, 6.45) is 0.0828. The Hall–Kier alpha value is -2.69. The second kappa shape index (κ2) is 5.36. The number of carbonyl (C=O) groups excluding carboxylic acids is 2. The molecule has 5 heteroatoms. The van der Waals surface area contributed by atoms with Crippen LogP contribution in [-0.4, -0.2) is 17.9 Å². The van der Waals surface area contributed by atoms with Crippen molar-refractivity contribution in [1.82, 2.24) is 5.32 Å². The summed E-state index contributed by atoms with van der Waals surface area (Å²) in [5.74, 6) is -1.21. The minimum Gasteiger partial charge on any atom is -0.425 e. The van der Waals surface area contributed by atoms with E-state index >= 15 is 0 Å². The summed E-state index contributed by atoms with van der Waals surface area (Å²) in [5, 5.41) is 2.57. The maximum atomic E-state index is 13.7. The minimum absolute atomic E-state index is 0.0828. The van der Waals surface area contributed by atoms with Gasteiger partial charge >= 0.3 is 5.97 Å². The molecule has 0 aromatic heterocycles. The Bertz CT molecular complexity index is 700. The first-order valence-electron chi connectivity index (χ1n) is 6.50. The molecule has 1 heterocycles. The molecule has 1 aliphatic heterocycles. The maximum absolute atomic E-state index is 13.7. The summed E-state index contributed by atoms with van der Waals surface area (Å²) >= 11 is 0. The van der Waals surface area contributed by atoms with E-state index in [2.05, 4.69) is 5.32 Å². The van der Waals surface area contributed by atoms with Gasteiger partial charge in [-0.05, 0) is 24.3 Å². The van der Waals surface area contributed by atoms with Crippen LogP contribution >= 0.6 is 0 Å². The summed E-state index contributed by atoms with van der Waals surface area (Å²) < 4.78 is 18.8. The zero-order chi connectivity index (χ0) is 14.8. The first-order valence-corrected chi connectivity index (χ1v) is 6.50. The molecule has 4 nitrogen and oxygen atoms in total. The topological polar surface area (TPSA) is 55.4 Å². The summed E-state index contributed by atoms with van der Waals surface area (Å²) in [6.45, 7) is 0. The van der Waals surface area contributed by atoms with Gasteiger partial charge in [-0.2, -0.15) is 0 Å². The molecule has 0 bridgehead atoms. The van der Waals surface area contributed by atoms with Gasteiger partial charge in [0.1, 0.15) is 17.6 Å². The highest BCUT2D eigenvalue weighted by Gasteiger charge is 2.31. The van der Waals surface area contributed by atoms with Crippen LogP contribution < -0.4 is 10.1 Å². The minimum atomic E-state index is -0.887. The number of halogens is 1. The number of nitrogens with one attached hydrogen (secondary N) is 1. The van der Waals surface area contributed by atoms with Gasteiger partial charge in [0.15, 0.2) is 0 Å². The van der Waals surface area contributed by atoms with Crippen LogP contribution in [0.2, 0.25) is 0 Å². The Kier molecular flexibility index (Phi) is 3.39. The van der Waals surface area contributed by atoms with Gasteiger partial charge in [0.2, 0.25) is 0 Å². The van der Waals surface area contributed by atoms with E-state index in [0.29, 0.717) is 11.1 Å². The number of amides is 1. The molecule has 0 fully saturated rings. The monoisotopic (exact) mass is 285 g/mol. The average molecular weight is 285 g/mol. The molecule has 0 spiro atoms. The molecule has 1 aliphatic rings. The number of rotatable bonds is 2. The van der Waals surface area contributed by atoms with E-state index in [1.54, 1.807) is 30.3 Å². The molecular weight excluding hydrogens is 273 g/mol. The van der Waals surface area contributed by atoms with Crippen molar-refractivity contribution in [3.63, 3.8) is 0 Å². The Morgan fingerprint density at radius 3 is 2.67 bits per heavy atom. The van der Waals surface area contributed by atoms with Crippen molar-refractivity contribution in [3.05, 3.63) is 65.5 Å². The lowest BCUT2D eigenvalue weighted by atomic mass is 10.0. The number of fused-ring (bicyclic) bond motifs is 1.